The van der Waals surface area contributed by atoms with Gasteiger partial charge >= 0.3 is 5.97 Å². The molecular weight excluding hydrogens is 204 g/mol. The van der Waals surface area contributed by atoms with Gasteiger partial charge in [-0.3, -0.25) is 4.79 Å². The Morgan fingerprint density at radius 3 is 2.25 bits per heavy atom. The van der Waals surface area contributed by atoms with E-state index in [0.29, 0.717) is 18.4 Å². The molecule has 2 N–H and O–H groups in total. The molecule has 3 heteroatoms. The molecule has 1 fully saturated rings. The third-order valence-electron chi connectivity index (χ3n) is 3.39. The first-order valence-electron chi connectivity index (χ1n) is 5.64. The van der Waals surface area contributed by atoms with Gasteiger partial charge in [-0.1, -0.05) is 43.2 Å². The number of hydrogen-bond acceptors (Lipinski definition) is 2. The first-order chi connectivity index (χ1) is 7.63. The van der Waals surface area contributed by atoms with Crippen LogP contribution in [-0.2, 0) is 4.79 Å². The molecule has 0 saturated heterocycles. The average molecular weight is 220 g/mol. The zero-order valence-electron chi connectivity index (χ0n) is 9.10. The van der Waals surface area contributed by atoms with Gasteiger partial charge in [0.05, 0.1) is 5.60 Å². The summed E-state index contributed by atoms with van der Waals surface area (Å²) in [5.74, 6) is -1.73. The fraction of sp³-hybridized carbons (Fsp3) is 0.462. The Hall–Kier alpha value is -1.35. The summed E-state index contributed by atoms with van der Waals surface area (Å²) < 4.78 is 0. The Morgan fingerprint density at radius 2 is 1.75 bits per heavy atom. The fourth-order valence-corrected chi connectivity index (χ4v) is 2.60. The molecule has 0 aliphatic heterocycles. The van der Waals surface area contributed by atoms with Crippen LogP contribution in [0.25, 0.3) is 0 Å². The van der Waals surface area contributed by atoms with E-state index in [1.165, 1.54) is 0 Å². The highest BCUT2D eigenvalue weighted by Crippen LogP contribution is 2.41. The number of hydrogen-bond donors (Lipinski definition) is 2. The summed E-state index contributed by atoms with van der Waals surface area (Å²) >= 11 is 0. The number of carbonyl (C=O) groups is 1. The summed E-state index contributed by atoms with van der Waals surface area (Å²) in [5.41, 5.74) is -0.368. The van der Waals surface area contributed by atoms with Crippen molar-refractivity contribution in [3.8, 4) is 0 Å². The molecule has 1 atom stereocenters. The number of aliphatic hydroxyl groups is 1. The Kier molecular flexibility index (Phi) is 2.97. The van der Waals surface area contributed by atoms with Crippen molar-refractivity contribution in [1.82, 2.24) is 0 Å². The Morgan fingerprint density at radius 1 is 1.19 bits per heavy atom. The van der Waals surface area contributed by atoms with Crippen molar-refractivity contribution in [2.45, 2.75) is 37.2 Å². The quantitative estimate of drug-likeness (QED) is 0.820. The van der Waals surface area contributed by atoms with Crippen LogP contribution in [-0.4, -0.2) is 21.8 Å². The van der Waals surface area contributed by atoms with Crippen LogP contribution in [0.5, 0.6) is 0 Å². The molecule has 2 rings (SSSR count). The van der Waals surface area contributed by atoms with Crippen molar-refractivity contribution >= 4 is 5.97 Å². The van der Waals surface area contributed by atoms with E-state index in [1.807, 2.05) is 18.2 Å². The van der Waals surface area contributed by atoms with Gasteiger partial charge in [-0.2, -0.15) is 0 Å². The minimum atomic E-state index is -1.06. The van der Waals surface area contributed by atoms with E-state index in [2.05, 4.69) is 0 Å². The lowest BCUT2D eigenvalue weighted by Gasteiger charge is -2.29. The average Bonchev–Trinajstić information content (AvgIpc) is 2.67. The van der Waals surface area contributed by atoms with E-state index in [1.54, 1.807) is 12.1 Å². The van der Waals surface area contributed by atoms with E-state index in [4.69, 9.17) is 0 Å². The van der Waals surface area contributed by atoms with Gasteiger partial charge in [0.1, 0.15) is 5.92 Å². The van der Waals surface area contributed by atoms with E-state index < -0.39 is 17.5 Å². The van der Waals surface area contributed by atoms with E-state index in [0.717, 1.165) is 12.8 Å². The van der Waals surface area contributed by atoms with Crippen molar-refractivity contribution in [3.05, 3.63) is 35.9 Å². The number of benzene rings is 1. The molecule has 1 aromatic rings. The van der Waals surface area contributed by atoms with Gasteiger partial charge in [0.15, 0.2) is 0 Å². The summed E-state index contributed by atoms with van der Waals surface area (Å²) in [6.07, 6.45) is 2.98. The van der Waals surface area contributed by atoms with Gasteiger partial charge in [0.25, 0.3) is 0 Å². The van der Waals surface area contributed by atoms with Crippen molar-refractivity contribution in [2.24, 2.45) is 0 Å². The van der Waals surface area contributed by atoms with Crippen LogP contribution in [0.15, 0.2) is 30.3 Å². The number of rotatable bonds is 3. The summed E-state index contributed by atoms with van der Waals surface area (Å²) in [6.45, 7) is 0. The van der Waals surface area contributed by atoms with Crippen LogP contribution < -0.4 is 0 Å². The van der Waals surface area contributed by atoms with Gasteiger partial charge in [0, 0.05) is 0 Å². The van der Waals surface area contributed by atoms with Crippen LogP contribution in [0, 0.1) is 0 Å². The van der Waals surface area contributed by atoms with Gasteiger partial charge in [-0.05, 0) is 18.4 Å². The number of carboxylic acid groups (broad SMARTS) is 1. The molecule has 0 amide bonds. The monoisotopic (exact) mass is 220 g/mol. The molecule has 0 aromatic heterocycles. The van der Waals surface area contributed by atoms with Crippen LogP contribution in [0.4, 0.5) is 0 Å². The highest BCUT2D eigenvalue weighted by atomic mass is 16.4. The Bertz CT molecular complexity index is 366. The van der Waals surface area contributed by atoms with Crippen molar-refractivity contribution in [2.75, 3.05) is 0 Å². The molecule has 1 saturated carbocycles. The molecule has 16 heavy (non-hydrogen) atoms. The first kappa shape index (κ1) is 11.1. The standard InChI is InChI=1S/C13H16O3/c14-12(15)11(10-6-2-1-3-7-10)13(16)8-4-5-9-13/h1-3,6-7,11,16H,4-5,8-9H2,(H,14,15)/t11-/m0/s1. The maximum absolute atomic E-state index is 11.3. The van der Waals surface area contributed by atoms with Gasteiger partial charge < -0.3 is 10.2 Å². The van der Waals surface area contributed by atoms with Crippen LogP contribution >= 0.6 is 0 Å². The second-order valence-electron chi connectivity index (χ2n) is 4.49. The fourth-order valence-electron chi connectivity index (χ4n) is 2.60. The highest BCUT2D eigenvalue weighted by molar-refractivity contribution is 5.77. The Labute approximate surface area is 94.7 Å². The molecule has 0 radical (unpaired) electrons. The molecule has 0 spiro atoms. The second kappa shape index (κ2) is 4.26. The van der Waals surface area contributed by atoms with Gasteiger partial charge in [-0.25, -0.2) is 0 Å². The molecular formula is C13H16O3. The topological polar surface area (TPSA) is 57.5 Å². The number of aliphatic carboxylic acids is 1. The highest BCUT2D eigenvalue weighted by Gasteiger charge is 2.44. The smallest absolute Gasteiger partial charge is 0.313 e. The molecule has 1 aliphatic carbocycles. The largest absolute Gasteiger partial charge is 0.481 e. The lowest BCUT2D eigenvalue weighted by molar-refractivity contribution is -0.145. The zero-order chi connectivity index (χ0) is 11.6. The maximum atomic E-state index is 11.3. The minimum Gasteiger partial charge on any atom is -0.481 e. The first-order valence-corrected chi connectivity index (χ1v) is 5.64. The van der Waals surface area contributed by atoms with Crippen LogP contribution in [0.3, 0.4) is 0 Å². The molecule has 0 bridgehead atoms. The Balaban J connectivity index is 2.34. The third-order valence-corrected chi connectivity index (χ3v) is 3.39. The minimum absolute atomic E-state index is 0.582. The molecule has 1 aliphatic rings. The van der Waals surface area contributed by atoms with E-state index >= 15 is 0 Å². The van der Waals surface area contributed by atoms with Gasteiger partial charge in [0.2, 0.25) is 0 Å². The van der Waals surface area contributed by atoms with Crippen LogP contribution in [0.2, 0.25) is 0 Å². The molecule has 0 unspecified atom stereocenters. The van der Waals surface area contributed by atoms with E-state index in [-0.39, 0.29) is 0 Å². The lowest BCUT2D eigenvalue weighted by Crippen LogP contribution is -2.37. The third kappa shape index (κ3) is 1.95. The predicted octanol–water partition coefficient (Wildman–Crippen LogP) is 2.16. The number of carboxylic acids is 1. The predicted molar refractivity (Wildman–Crippen MR) is 60.2 cm³/mol. The molecule has 0 heterocycles. The van der Waals surface area contributed by atoms with E-state index in [9.17, 15) is 15.0 Å². The van der Waals surface area contributed by atoms with Crippen molar-refractivity contribution in [1.29, 1.82) is 0 Å². The zero-order valence-corrected chi connectivity index (χ0v) is 9.10. The maximum Gasteiger partial charge on any atom is 0.313 e. The van der Waals surface area contributed by atoms with Crippen molar-refractivity contribution in [3.63, 3.8) is 0 Å². The molecule has 86 valence electrons. The lowest BCUT2D eigenvalue weighted by atomic mass is 9.81. The second-order valence-corrected chi connectivity index (χ2v) is 4.49. The molecule has 3 nitrogen and oxygen atoms in total. The SMILES string of the molecule is O=C(O)[C@H](c1ccccc1)C1(O)CCCC1. The van der Waals surface area contributed by atoms with Crippen LogP contribution in [0.1, 0.15) is 37.2 Å². The normalized spacial score (nSPS) is 20.6. The van der Waals surface area contributed by atoms with Crippen molar-refractivity contribution < 1.29 is 15.0 Å². The summed E-state index contributed by atoms with van der Waals surface area (Å²) in [6, 6.07) is 9.01. The molecule has 1 aromatic carbocycles. The van der Waals surface area contributed by atoms with Gasteiger partial charge in [-0.15, -0.1) is 0 Å². The summed E-state index contributed by atoms with van der Waals surface area (Å²) in [4.78, 5) is 11.3. The summed E-state index contributed by atoms with van der Waals surface area (Å²) in [5, 5.41) is 19.7. The summed E-state index contributed by atoms with van der Waals surface area (Å²) in [7, 11) is 0.